The number of aryl methyl sites for hydroxylation is 1. The van der Waals surface area contributed by atoms with Gasteiger partial charge in [-0.2, -0.15) is 10.1 Å². The van der Waals surface area contributed by atoms with Gasteiger partial charge < -0.3 is 25.8 Å². The van der Waals surface area contributed by atoms with Gasteiger partial charge in [0.05, 0.1) is 31.0 Å². The Balaban J connectivity index is 2.04. The number of methoxy groups -OCH3 is 1. The van der Waals surface area contributed by atoms with Crippen LogP contribution in [0, 0.1) is 0 Å². The van der Waals surface area contributed by atoms with Crippen LogP contribution in [0.3, 0.4) is 0 Å². The molecule has 0 aliphatic heterocycles. The molecule has 1 unspecified atom stereocenters. The first kappa shape index (κ1) is 27.1. The minimum atomic E-state index is -0.557. The van der Waals surface area contributed by atoms with Gasteiger partial charge in [-0.05, 0) is 39.8 Å². The molecule has 0 aliphatic rings. The Kier molecular flexibility index (Phi) is 8.77. The molecule has 0 fully saturated rings. The first-order chi connectivity index (χ1) is 17.7. The Bertz CT molecular complexity index is 1330. The van der Waals surface area contributed by atoms with Crippen molar-refractivity contribution >= 4 is 29.1 Å². The zero-order chi connectivity index (χ0) is 27.1. The van der Waals surface area contributed by atoms with Crippen molar-refractivity contribution in [2.24, 2.45) is 17.8 Å². The van der Waals surface area contributed by atoms with Gasteiger partial charge in [-0.3, -0.25) is 9.67 Å². The summed E-state index contributed by atoms with van der Waals surface area (Å²) in [6, 6.07) is 5.23. The van der Waals surface area contributed by atoms with Crippen molar-refractivity contribution in [2.45, 2.75) is 33.7 Å². The van der Waals surface area contributed by atoms with E-state index in [-0.39, 0.29) is 30.0 Å². The summed E-state index contributed by atoms with van der Waals surface area (Å²) in [5.41, 5.74) is 9.78. The molecule has 3 aromatic rings. The van der Waals surface area contributed by atoms with E-state index in [1.807, 2.05) is 32.9 Å². The number of rotatable bonds is 10. The van der Waals surface area contributed by atoms with Crippen molar-refractivity contribution < 1.29 is 14.3 Å². The molecule has 3 rings (SSSR count). The van der Waals surface area contributed by atoms with Crippen molar-refractivity contribution in [3.05, 3.63) is 47.6 Å². The number of hydrogen-bond acceptors (Lipinski definition) is 11. The van der Waals surface area contributed by atoms with Crippen LogP contribution >= 0.6 is 0 Å². The first-order valence-corrected chi connectivity index (χ1v) is 11.7. The second-order valence-electron chi connectivity index (χ2n) is 8.20. The van der Waals surface area contributed by atoms with Crippen LogP contribution in [0.15, 0.2) is 47.0 Å². The summed E-state index contributed by atoms with van der Waals surface area (Å²) in [5.74, 6) is 0.954. The highest BCUT2D eigenvalue weighted by molar-refractivity contribution is 6.00. The third-order valence-corrected chi connectivity index (χ3v) is 5.53. The maximum absolute atomic E-state index is 12.7. The van der Waals surface area contributed by atoms with Gasteiger partial charge in [0.15, 0.2) is 17.4 Å². The standard InChI is InChI=1S/C25H33N9O3/c1-8-37-24(35)18-12-28-25(30-16(4)20(14(2)26)15(3)27-5)32-23(18)31-19-11-9-10-17(21(19)36-7)22-29-13-34(6)33-22/h9-13,16H,8,26H2,1-7H3,(H2,28,30,31,32). The molecule has 0 bridgehead atoms. The van der Waals surface area contributed by atoms with Crippen LogP contribution < -0.4 is 21.1 Å². The van der Waals surface area contributed by atoms with E-state index in [1.165, 1.54) is 6.20 Å². The van der Waals surface area contributed by atoms with E-state index in [9.17, 15) is 4.79 Å². The van der Waals surface area contributed by atoms with E-state index >= 15 is 0 Å². The Hall–Kier alpha value is -4.48. The SMILES string of the molecule is CCOC(=O)c1cnc(NC(C)C(C(C)=NC)=C(C)N)nc1Nc1cccc(-c2ncn(C)n2)c1OC. The molecule has 0 spiro atoms. The Labute approximate surface area is 216 Å². The highest BCUT2D eigenvalue weighted by Gasteiger charge is 2.21. The highest BCUT2D eigenvalue weighted by atomic mass is 16.5. The molecule has 1 aromatic carbocycles. The number of benzene rings is 1. The van der Waals surface area contributed by atoms with Crippen molar-refractivity contribution in [3.63, 3.8) is 0 Å². The number of hydrogen-bond donors (Lipinski definition) is 3. The average molecular weight is 508 g/mol. The quantitative estimate of drug-likeness (QED) is 0.275. The molecule has 0 saturated carbocycles. The number of aliphatic imine (C=N–C) groups is 1. The maximum Gasteiger partial charge on any atom is 0.343 e. The van der Waals surface area contributed by atoms with Gasteiger partial charge in [0.25, 0.3) is 0 Å². The molecule has 0 radical (unpaired) electrons. The third-order valence-electron chi connectivity index (χ3n) is 5.53. The third kappa shape index (κ3) is 6.21. The molecule has 1 atom stereocenters. The van der Waals surface area contributed by atoms with Crippen molar-refractivity contribution in [2.75, 3.05) is 31.4 Å². The van der Waals surface area contributed by atoms with Crippen molar-refractivity contribution in [1.82, 2.24) is 24.7 Å². The number of nitrogens with two attached hydrogens (primary N) is 1. The van der Waals surface area contributed by atoms with E-state index in [1.54, 1.807) is 45.2 Å². The molecule has 196 valence electrons. The molecular weight excluding hydrogens is 474 g/mol. The summed E-state index contributed by atoms with van der Waals surface area (Å²) in [7, 11) is 5.04. The summed E-state index contributed by atoms with van der Waals surface area (Å²) in [6.07, 6.45) is 3.02. The van der Waals surface area contributed by atoms with Crippen molar-refractivity contribution in [1.29, 1.82) is 0 Å². The van der Waals surface area contributed by atoms with Crippen LogP contribution in [0.2, 0.25) is 0 Å². The molecule has 37 heavy (non-hydrogen) atoms. The number of carbonyl (C=O) groups is 1. The lowest BCUT2D eigenvalue weighted by molar-refractivity contribution is 0.0526. The van der Waals surface area contributed by atoms with Gasteiger partial charge >= 0.3 is 5.97 Å². The molecule has 0 amide bonds. The second kappa shape index (κ2) is 12.0. The summed E-state index contributed by atoms with van der Waals surface area (Å²) in [5, 5.41) is 10.8. The number of para-hydroxylation sites is 1. The lowest BCUT2D eigenvalue weighted by atomic mass is 10.0. The highest BCUT2D eigenvalue weighted by Crippen LogP contribution is 2.36. The van der Waals surface area contributed by atoms with Crippen LogP contribution in [0.4, 0.5) is 17.5 Å². The van der Waals surface area contributed by atoms with Crippen LogP contribution in [0.5, 0.6) is 5.75 Å². The minimum absolute atomic E-state index is 0.167. The molecule has 12 nitrogen and oxygen atoms in total. The predicted molar refractivity (Wildman–Crippen MR) is 143 cm³/mol. The monoisotopic (exact) mass is 507 g/mol. The van der Waals surface area contributed by atoms with Crippen LogP contribution in [-0.4, -0.2) is 63.2 Å². The Morgan fingerprint density at radius 1 is 1.27 bits per heavy atom. The van der Waals surface area contributed by atoms with Gasteiger partial charge in [0.1, 0.15) is 11.9 Å². The van der Waals surface area contributed by atoms with E-state index in [4.69, 9.17) is 15.2 Å². The van der Waals surface area contributed by atoms with E-state index in [0.717, 1.165) is 11.3 Å². The number of anilines is 3. The van der Waals surface area contributed by atoms with E-state index in [0.29, 0.717) is 28.5 Å². The molecule has 4 N–H and O–H groups in total. The molecule has 12 heteroatoms. The number of aromatic nitrogens is 5. The van der Waals surface area contributed by atoms with Crippen LogP contribution in [-0.2, 0) is 11.8 Å². The van der Waals surface area contributed by atoms with Crippen LogP contribution in [0.1, 0.15) is 38.1 Å². The van der Waals surface area contributed by atoms with Gasteiger partial charge in [-0.25, -0.2) is 14.8 Å². The topological polar surface area (TPSA) is 154 Å². The van der Waals surface area contributed by atoms with E-state index in [2.05, 4.69) is 35.7 Å². The number of carbonyl (C=O) groups excluding carboxylic acids is 1. The van der Waals surface area contributed by atoms with Crippen molar-refractivity contribution in [3.8, 4) is 17.1 Å². The zero-order valence-corrected chi connectivity index (χ0v) is 22.2. The molecule has 0 aliphatic carbocycles. The Morgan fingerprint density at radius 3 is 2.62 bits per heavy atom. The zero-order valence-electron chi connectivity index (χ0n) is 22.2. The smallest absolute Gasteiger partial charge is 0.343 e. The summed E-state index contributed by atoms with van der Waals surface area (Å²) >= 11 is 0. The fraction of sp³-hybridized carbons (Fsp3) is 0.360. The molecule has 2 heterocycles. The Morgan fingerprint density at radius 2 is 2.03 bits per heavy atom. The van der Waals surface area contributed by atoms with E-state index < -0.39 is 5.97 Å². The number of allylic oxidation sites excluding steroid dienone is 1. The summed E-state index contributed by atoms with van der Waals surface area (Å²) < 4.78 is 12.5. The maximum atomic E-state index is 12.7. The fourth-order valence-corrected chi connectivity index (χ4v) is 3.85. The average Bonchev–Trinajstić information content (AvgIpc) is 3.29. The number of esters is 1. The number of nitrogens with one attached hydrogen (secondary N) is 2. The largest absolute Gasteiger partial charge is 0.494 e. The van der Waals surface area contributed by atoms with Gasteiger partial charge in [-0.15, -0.1) is 0 Å². The lowest BCUT2D eigenvalue weighted by Crippen LogP contribution is -2.26. The first-order valence-electron chi connectivity index (χ1n) is 11.7. The summed E-state index contributed by atoms with van der Waals surface area (Å²) in [4.78, 5) is 30.2. The van der Waals surface area contributed by atoms with Gasteiger partial charge in [0, 0.05) is 37.3 Å². The minimum Gasteiger partial charge on any atom is -0.494 e. The molecular formula is C25H33N9O3. The normalized spacial score (nSPS) is 13.0. The predicted octanol–water partition coefficient (Wildman–Crippen LogP) is 3.32. The van der Waals surface area contributed by atoms with Gasteiger partial charge in [-0.1, -0.05) is 6.07 Å². The summed E-state index contributed by atoms with van der Waals surface area (Å²) in [6.45, 7) is 7.57. The van der Waals surface area contributed by atoms with Gasteiger partial charge in [0.2, 0.25) is 5.95 Å². The fourth-order valence-electron chi connectivity index (χ4n) is 3.85. The number of nitrogens with zero attached hydrogens (tertiary/aromatic N) is 6. The molecule has 2 aromatic heterocycles. The lowest BCUT2D eigenvalue weighted by Gasteiger charge is -2.20. The van der Waals surface area contributed by atoms with Crippen LogP contribution in [0.25, 0.3) is 11.4 Å². The molecule has 0 saturated heterocycles. The second-order valence-corrected chi connectivity index (χ2v) is 8.20. The number of ether oxygens (including phenoxy) is 2.